The summed E-state index contributed by atoms with van der Waals surface area (Å²) in [7, 11) is 0. The van der Waals surface area contributed by atoms with Gasteiger partial charge in [0.25, 0.3) is 5.91 Å². The normalized spacial score (nSPS) is 15.3. The van der Waals surface area contributed by atoms with Gasteiger partial charge in [0.1, 0.15) is 6.04 Å². The molecular formula is C20H19N5O2. The first-order valence-electron chi connectivity index (χ1n) is 8.86. The predicted octanol–water partition coefficient (Wildman–Crippen LogP) is 3.03. The largest absolute Gasteiger partial charge is 0.326 e. The van der Waals surface area contributed by atoms with Crippen LogP contribution >= 0.6 is 0 Å². The molecule has 1 aromatic heterocycles. The maximum Gasteiger partial charge on any atom is 0.252 e. The number of benzene rings is 2. The van der Waals surface area contributed by atoms with Crippen LogP contribution in [0.25, 0.3) is 11.4 Å². The number of anilines is 2. The van der Waals surface area contributed by atoms with Crippen molar-refractivity contribution in [3.63, 3.8) is 0 Å². The highest BCUT2D eigenvalue weighted by molar-refractivity contribution is 6.01. The summed E-state index contributed by atoms with van der Waals surface area (Å²) in [4.78, 5) is 29.1. The van der Waals surface area contributed by atoms with Crippen LogP contribution in [0.15, 0.2) is 54.6 Å². The van der Waals surface area contributed by atoms with Crippen LogP contribution in [0.3, 0.4) is 0 Å². The van der Waals surface area contributed by atoms with Gasteiger partial charge in [-0.15, -0.1) is 5.10 Å². The zero-order chi connectivity index (χ0) is 18.8. The van der Waals surface area contributed by atoms with Crippen LogP contribution < -0.4 is 10.6 Å². The Kier molecular flexibility index (Phi) is 4.42. The van der Waals surface area contributed by atoms with Gasteiger partial charge in [-0.25, -0.2) is 4.68 Å². The molecule has 0 saturated carbocycles. The molecule has 136 valence electrons. The second kappa shape index (κ2) is 7.03. The van der Waals surface area contributed by atoms with Gasteiger partial charge in [0.2, 0.25) is 11.9 Å². The van der Waals surface area contributed by atoms with E-state index in [0.717, 1.165) is 23.2 Å². The van der Waals surface area contributed by atoms with E-state index in [4.69, 9.17) is 0 Å². The molecule has 1 aliphatic heterocycles. The molecule has 7 heteroatoms. The number of rotatable bonds is 5. The van der Waals surface area contributed by atoms with Crippen LogP contribution in [0.5, 0.6) is 0 Å². The molecule has 4 rings (SSSR count). The van der Waals surface area contributed by atoms with Gasteiger partial charge in [-0.1, -0.05) is 55.5 Å². The summed E-state index contributed by atoms with van der Waals surface area (Å²) in [5, 5.41) is 10.0. The van der Waals surface area contributed by atoms with Crippen molar-refractivity contribution in [2.24, 2.45) is 0 Å². The third kappa shape index (κ3) is 3.31. The van der Waals surface area contributed by atoms with Crippen LogP contribution in [0.1, 0.15) is 24.9 Å². The molecule has 1 atom stereocenters. The van der Waals surface area contributed by atoms with E-state index in [0.29, 0.717) is 11.8 Å². The van der Waals surface area contributed by atoms with Gasteiger partial charge in [0.15, 0.2) is 5.82 Å². The molecule has 0 unspecified atom stereocenters. The molecule has 2 aromatic carbocycles. The third-order valence-corrected chi connectivity index (χ3v) is 4.55. The van der Waals surface area contributed by atoms with Crippen molar-refractivity contribution in [1.29, 1.82) is 0 Å². The van der Waals surface area contributed by atoms with Crippen molar-refractivity contribution in [3.05, 3.63) is 60.2 Å². The first-order valence-corrected chi connectivity index (χ1v) is 8.86. The number of carbonyl (C=O) groups excluding carboxylic acids is 2. The van der Waals surface area contributed by atoms with Gasteiger partial charge in [-0.05, 0) is 18.1 Å². The number of fused-ring (bicyclic) bond motifs is 1. The van der Waals surface area contributed by atoms with Gasteiger partial charge in [-0.3, -0.25) is 14.9 Å². The average Bonchev–Trinajstić information content (AvgIpc) is 3.22. The van der Waals surface area contributed by atoms with E-state index in [1.807, 2.05) is 61.5 Å². The van der Waals surface area contributed by atoms with E-state index >= 15 is 0 Å². The Labute approximate surface area is 156 Å². The third-order valence-electron chi connectivity index (χ3n) is 4.55. The van der Waals surface area contributed by atoms with E-state index in [2.05, 4.69) is 20.7 Å². The summed E-state index contributed by atoms with van der Waals surface area (Å²) in [5.41, 5.74) is 2.68. The fourth-order valence-electron chi connectivity index (χ4n) is 3.15. The van der Waals surface area contributed by atoms with Gasteiger partial charge in [0, 0.05) is 11.3 Å². The van der Waals surface area contributed by atoms with Crippen LogP contribution in [0.2, 0.25) is 0 Å². The molecule has 2 heterocycles. The van der Waals surface area contributed by atoms with Crippen LogP contribution in [0.4, 0.5) is 11.6 Å². The number of hydrogen-bond acceptors (Lipinski definition) is 4. The highest BCUT2D eigenvalue weighted by Gasteiger charge is 2.35. The van der Waals surface area contributed by atoms with Gasteiger partial charge < -0.3 is 5.32 Å². The smallest absolute Gasteiger partial charge is 0.252 e. The first kappa shape index (κ1) is 17.0. The van der Waals surface area contributed by atoms with Crippen molar-refractivity contribution in [1.82, 2.24) is 14.8 Å². The molecule has 0 aliphatic carbocycles. The molecular weight excluding hydrogens is 342 g/mol. The fourth-order valence-corrected chi connectivity index (χ4v) is 3.15. The Morgan fingerprint density at radius 2 is 1.89 bits per heavy atom. The first-order chi connectivity index (χ1) is 13.2. The highest BCUT2D eigenvalue weighted by atomic mass is 16.2. The number of para-hydroxylation sites is 1. The Morgan fingerprint density at radius 3 is 2.67 bits per heavy atom. The molecule has 1 aliphatic rings. The Bertz CT molecular complexity index is 997. The van der Waals surface area contributed by atoms with Crippen LogP contribution in [0, 0.1) is 0 Å². The summed E-state index contributed by atoms with van der Waals surface area (Å²) >= 11 is 0. The number of aryl methyl sites for hydroxylation is 1. The molecule has 0 radical (unpaired) electrons. The molecule has 3 aromatic rings. The standard InChI is InChI=1S/C20H19N5O2/c1-2-13-8-6-7-11-15(13)21-17(26)12-16-19(27)23-20-22-18(24-25(16)20)14-9-4-3-5-10-14/h3-11,16H,2,12H2,1H3,(H,21,26)(H,22,23,24,27)/t16-/m1/s1. The number of nitrogens with zero attached hydrogens (tertiary/aromatic N) is 3. The topological polar surface area (TPSA) is 88.9 Å². The maximum absolute atomic E-state index is 12.5. The molecule has 0 fully saturated rings. The van der Waals surface area contributed by atoms with Crippen LogP contribution in [-0.4, -0.2) is 26.6 Å². The van der Waals surface area contributed by atoms with E-state index in [1.165, 1.54) is 4.68 Å². The van der Waals surface area contributed by atoms with E-state index in [-0.39, 0.29) is 18.2 Å². The minimum Gasteiger partial charge on any atom is -0.326 e. The number of hydrogen-bond donors (Lipinski definition) is 2. The second-order valence-corrected chi connectivity index (χ2v) is 6.34. The van der Waals surface area contributed by atoms with Gasteiger partial charge >= 0.3 is 0 Å². The van der Waals surface area contributed by atoms with Crippen molar-refractivity contribution >= 4 is 23.5 Å². The highest BCUT2D eigenvalue weighted by Crippen LogP contribution is 2.28. The summed E-state index contributed by atoms with van der Waals surface area (Å²) in [6, 6.07) is 16.4. The SMILES string of the molecule is CCc1ccccc1NC(=O)C[C@@H]1C(=O)Nc2nc(-c3ccccc3)nn21. The zero-order valence-electron chi connectivity index (χ0n) is 14.8. The Hall–Kier alpha value is -3.48. The minimum atomic E-state index is -0.709. The molecule has 0 saturated heterocycles. The summed E-state index contributed by atoms with van der Waals surface area (Å²) in [5.74, 6) is 0.377. The lowest BCUT2D eigenvalue weighted by molar-refractivity contribution is -0.123. The van der Waals surface area contributed by atoms with E-state index in [1.54, 1.807) is 0 Å². The lowest BCUT2D eigenvalue weighted by atomic mass is 10.1. The summed E-state index contributed by atoms with van der Waals surface area (Å²) in [6.07, 6.45) is 0.808. The molecule has 7 nitrogen and oxygen atoms in total. The Balaban J connectivity index is 1.53. The number of aromatic nitrogens is 3. The lowest BCUT2D eigenvalue weighted by Crippen LogP contribution is -2.24. The Morgan fingerprint density at radius 1 is 1.15 bits per heavy atom. The summed E-state index contributed by atoms with van der Waals surface area (Å²) in [6.45, 7) is 2.03. The van der Waals surface area contributed by atoms with E-state index in [9.17, 15) is 9.59 Å². The quantitative estimate of drug-likeness (QED) is 0.731. The second-order valence-electron chi connectivity index (χ2n) is 6.34. The van der Waals surface area contributed by atoms with Crippen molar-refractivity contribution in [3.8, 4) is 11.4 Å². The molecule has 0 spiro atoms. The molecule has 27 heavy (non-hydrogen) atoms. The lowest BCUT2D eigenvalue weighted by Gasteiger charge is -2.12. The average molecular weight is 361 g/mol. The predicted molar refractivity (Wildman–Crippen MR) is 102 cm³/mol. The van der Waals surface area contributed by atoms with Crippen molar-refractivity contribution < 1.29 is 9.59 Å². The van der Waals surface area contributed by atoms with Gasteiger partial charge in [-0.2, -0.15) is 4.98 Å². The number of carbonyl (C=O) groups is 2. The summed E-state index contributed by atoms with van der Waals surface area (Å²) < 4.78 is 1.50. The molecule has 0 bridgehead atoms. The molecule has 2 amide bonds. The molecule has 2 N–H and O–H groups in total. The minimum absolute atomic E-state index is 0.00548. The fraction of sp³-hybridized carbons (Fsp3) is 0.200. The monoisotopic (exact) mass is 361 g/mol. The number of amides is 2. The van der Waals surface area contributed by atoms with Crippen molar-refractivity contribution in [2.45, 2.75) is 25.8 Å². The van der Waals surface area contributed by atoms with E-state index < -0.39 is 6.04 Å². The maximum atomic E-state index is 12.5. The van der Waals surface area contributed by atoms with Gasteiger partial charge in [0.05, 0.1) is 6.42 Å². The van der Waals surface area contributed by atoms with Crippen molar-refractivity contribution in [2.75, 3.05) is 10.6 Å². The number of nitrogens with one attached hydrogen (secondary N) is 2. The van der Waals surface area contributed by atoms with Crippen LogP contribution in [-0.2, 0) is 16.0 Å². The zero-order valence-corrected chi connectivity index (χ0v) is 14.8.